The highest BCUT2D eigenvalue weighted by atomic mass is 19.4. The number of hydrogen-bond acceptors (Lipinski definition) is 2. The molecule has 3 nitrogen and oxygen atoms in total. The van der Waals surface area contributed by atoms with E-state index in [1.54, 1.807) is 0 Å². The molecule has 0 unspecified atom stereocenters. The number of nitrogens with zero attached hydrogens (tertiary/aromatic N) is 1. The Labute approximate surface area is 123 Å². The molecular weight excluding hydrogens is 281 g/mol. The number of alkyl halides is 3. The third kappa shape index (κ3) is 6.08. The van der Waals surface area contributed by atoms with E-state index >= 15 is 0 Å². The summed E-state index contributed by atoms with van der Waals surface area (Å²) in [6.45, 7) is 0.700. The van der Waals surface area contributed by atoms with E-state index in [-0.39, 0.29) is 5.91 Å². The second-order valence-electron chi connectivity index (χ2n) is 6.11. The molecule has 0 radical (unpaired) electrons. The number of allylic oxidation sites excluding steroid dienone is 2. The van der Waals surface area contributed by atoms with Gasteiger partial charge < -0.3 is 5.32 Å². The SMILES string of the molecule is O=C(C[C@H]1C=CCC1)NCC1CCN(CC(F)(F)F)CC1. The lowest BCUT2D eigenvalue weighted by Crippen LogP contribution is -2.42. The highest BCUT2D eigenvalue weighted by molar-refractivity contribution is 5.76. The van der Waals surface area contributed by atoms with Crippen LogP contribution in [-0.4, -0.2) is 43.2 Å². The molecule has 1 atom stereocenters. The zero-order valence-electron chi connectivity index (χ0n) is 12.2. The molecule has 21 heavy (non-hydrogen) atoms. The number of piperidine rings is 1. The molecule has 0 aromatic rings. The first-order valence-electron chi connectivity index (χ1n) is 7.65. The zero-order valence-corrected chi connectivity index (χ0v) is 12.2. The lowest BCUT2D eigenvalue weighted by atomic mass is 9.96. The Kier molecular flexibility index (Phi) is 5.67. The van der Waals surface area contributed by atoms with Crippen LogP contribution in [0.3, 0.4) is 0 Å². The van der Waals surface area contributed by atoms with E-state index in [4.69, 9.17) is 0 Å². The number of carbonyl (C=O) groups excluding carboxylic acids is 1. The van der Waals surface area contributed by atoms with Crippen LogP contribution in [0.2, 0.25) is 0 Å². The average Bonchev–Trinajstić information content (AvgIpc) is 2.89. The van der Waals surface area contributed by atoms with Crippen LogP contribution < -0.4 is 5.32 Å². The van der Waals surface area contributed by atoms with Gasteiger partial charge in [0.1, 0.15) is 0 Å². The Balaban J connectivity index is 1.60. The normalized spacial score (nSPS) is 24.4. The lowest BCUT2D eigenvalue weighted by molar-refractivity contribution is -0.148. The van der Waals surface area contributed by atoms with Gasteiger partial charge in [0.25, 0.3) is 0 Å². The molecule has 0 spiro atoms. The van der Waals surface area contributed by atoms with Crippen LogP contribution in [0.4, 0.5) is 13.2 Å². The summed E-state index contributed by atoms with van der Waals surface area (Å²) in [5, 5.41) is 2.93. The first-order chi connectivity index (χ1) is 9.92. The Morgan fingerprint density at radius 2 is 1.95 bits per heavy atom. The van der Waals surface area contributed by atoms with Gasteiger partial charge in [-0.05, 0) is 50.6 Å². The van der Waals surface area contributed by atoms with E-state index in [1.807, 2.05) is 0 Å². The molecule has 0 saturated carbocycles. The van der Waals surface area contributed by atoms with Crippen molar-refractivity contribution in [3.05, 3.63) is 12.2 Å². The summed E-state index contributed by atoms with van der Waals surface area (Å²) < 4.78 is 36.8. The van der Waals surface area contributed by atoms with Crippen molar-refractivity contribution in [2.45, 2.75) is 38.3 Å². The van der Waals surface area contributed by atoms with Crippen molar-refractivity contribution in [2.75, 3.05) is 26.2 Å². The van der Waals surface area contributed by atoms with Gasteiger partial charge in [0.05, 0.1) is 6.54 Å². The van der Waals surface area contributed by atoms with Gasteiger partial charge in [0.2, 0.25) is 5.91 Å². The van der Waals surface area contributed by atoms with Crippen molar-refractivity contribution >= 4 is 5.91 Å². The smallest absolute Gasteiger partial charge is 0.356 e. The predicted octanol–water partition coefficient (Wildman–Crippen LogP) is 2.73. The third-order valence-electron chi connectivity index (χ3n) is 4.26. The van der Waals surface area contributed by atoms with Crippen LogP contribution in [0.1, 0.15) is 32.1 Å². The molecule has 0 aromatic carbocycles. The minimum Gasteiger partial charge on any atom is -0.356 e. The molecule has 1 aliphatic carbocycles. The Morgan fingerprint density at radius 1 is 1.24 bits per heavy atom. The van der Waals surface area contributed by atoms with Crippen LogP contribution in [0.25, 0.3) is 0 Å². The van der Waals surface area contributed by atoms with E-state index in [0.717, 1.165) is 25.7 Å². The van der Waals surface area contributed by atoms with Crippen LogP contribution in [-0.2, 0) is 4.79 Å². The molecule has 1 fully saturated rings. The van der Waals surface area contributed by atoms with Crippen LogP contribution in [0, 0.1) is 11.8 Å². The number of likely N-dealkylation sites (tertiary alicyclic amines) is 1. The molecular formula is C15H23F3N2O. The summed E-state index contributed by atoms with van der Waals surface area (Å²) in [5.74, 6) is 0.723. The highest BCUT2D eigenvalue weighted by Crippen LogP contribution is 2.23. The summed E-state index contributed by atoms with van der Waals surface area (Å²) in [7, 11) is 0. The summed E-state index contributed by atoms with van der Waals surface area (Å²) in [6, 6.07) is 0. The predicted molar refractivity (Wildman–Crippen MR) is 74.7 cm³/mol. The second kappa shape index (κ2) is 7.29. The fraction of sp³-hybridized carbons (Fsp3) is 0.800. The summed E-state index contributed by atoms with van der Waals surface area (Å²) in [6.07, 6.45) is 4.15. The number of nitrogens with one attached hydrogen (secondary N) is 1. The summed E-state index contributed by atoms with van der Waals surface area (Å²) in [5.41, 5.74) is 0. The second-order valence-corrected chi connectivity index (χ2v) is 6.11. The van der Waals surface area contributed by atoms with Crippen molar-refractivity contribution in [1.82, 2.24) is 10.2 Å². The molecule has 1 N–H and O–H groups in total. The zero-order chi connectivity index (χ0) is 15.3. The van der Waals surface area contributed by atoms with E-state index in [2.05, 4.69) is 17.5 Å². The van der Waals surface area contributed by atoms with Gasteiger partial charge in [-0.1, -0.05) is 12.2 Å². The van der Waals surface area contributed by atoms with Crippen molar-refractivity contribution < 1.29 is 18.0 Å². The highest BCUT2D eigenvalue weighted by Gasteiger charge is 2.32. The fourth-order valence-corrected chi connectivity index (χ4v) is 3.04. The van der Waals surface area contributed by atoms with Gasteiger partial charge in [0.15, 0.2) is 0 Å². The van der Waals surface area contributed by atoms with Crippen molar-refractivity contribution in [3.63, 3.8) is 0 Å². The molecule has 1 amide bonds. The first-order valence-corrected chi connectivity index (χ1v) is 7.65. The van der Waals surface area contributed by atoms with Gasteiger partial charge in [-0.2, -0.15) is 13.2 Å². The molecule has 120 valence electrons. The number of carbonyl (C=O) groups is 1. The van der Waals surface area contributed by atoms with E-state index < -0.39 is 12.7 Å². The number of rotatable bonds is 5. The van der Waals surface area contributed by atoms with Gasteiger partial charge in [-0.3, -0.25) is 9.69 Å². The molecule has 1 heterocycles. The number of halogens is 3. The van der Waals surface area contributed by atoms with Crippen molar-refractivity contribution in [2.24, 2.45) is 11.8 Å². The van der Waals surface area contributed by atoms with Gasteiger partial charge in [-0.15, -0.1) is 0 Å². The topological polar surface area (TPSA) is 32.3 Å². The largest absolute Gasteiger partial charge is 0.401 e. The van der Waals surface area contributed by atoms with Gasteiger partial charge >= 0.3 is 6.18 Å². The molecule has 1 aliphatic heterocycles. The molecule has 1 saturated heterocycles. The minimum atomic E-state index is -4.12. The number of hydrogen-bond donors (Lipinski definition) is 1. The molecule has 6 heteroatoms. The quantitative estimate of drug-likeness (QED) is 0.792. The van der Waals surface area contributed by atoms with Crippen LogP contribution in [0.5, 0.6) is 0 Å². The first kappa shape index (κ1) is 16.3. The van der Waals surface area contributed by atoms with Crippen LogP contribution in [0.15, 0.2) is 12.2 Å². The maximum atomic E-state index is 12.3. The Bertz CT molecular complexity index is 374. The van der Waals surface area contributed by atoms with E-state index in [1.165, 1.54) is 4.90 Å². The fourth-order valence-electron chi connectivity index (χ4n) is 3.04. The number of amides is 1. The molecule has 2 aliphatic rings. The van der Waals surface area contributed by atoms with Gasteiger partial charge in [-0.25, -0.2) is 0 Å². The average molecular weight is 304 g/mol. The maximum absolute atomic E-state index is 12.3. The maximum Gasteiger partial charge on any atom is 0.401 e. The molecule has 2 rings (SSSR count). The van der Waals surface area contributed by atoms with E-state index in [0.29, 0.717) is 37.9 Å². The lowest BCUT2D eigenvalue weighted by Gasteiger charge is -2.32. The van der Waals surface area contributed by atoms with Gasteiger partial charge in [0, 0.05) is 13.0 Å². The standard InChI is InChI=1S/C15H23F3N2O/c16-15(17,18)11-20-7-5-13(6-8-20)10-19-14(21)9-12-3-1-2-4-12/h1,3,12-13H,2,4-11H2,(H,19,21)/t12-/m0/s1. The summed E-state index contributed by atoms with van der Waals surface area (Å²) in [4.78, 5) is 13.2. The Morgan fingerprint density at radius 3 is 2.52 bits per heavy atom. The molecule has 0 aromatic heterocycles. The monoisotopic (exact) mass is 304 g/mol. The third-order valence-corrected chi connectivity index (χ3v) is 4.26. The van der Waals surface area contributed by atoms with Crippen LogP contribution >= 0.6 is 0 Å². The van der Waals surface area contributed by atoms with Crippen molar-refractivity contribution in [3.8, 4) is 0 Å². The van der Waals surface area contributed by atoms with Crippen molar-refractivity contribution in [1.29, 1.82) is 0 Å². The van der Waals surface area contributed by atoms with E-state index in [9.17, 15) is 18.0 Å². The summed E-state index contributed by atoms with van der Waals surface area (Å²) >= 11 is 0. The Hall–Kier alpha value is -1.04. The molecule has 0 bridgehead atoms. The minimum absolute atomic E-state index is 0.0595.